The summed E-state index contributed by atoms with van der Waals surface area (Å²) >= 11 is 0. The summed E-state index contributed by atoms with van der Waals surface area (Å²) in [6.07, 6.45) is 1.59. The molecule has 4 aromatic rings. The number of anilines is 3. The summed E-state index contributed by atoms with van der Waals surface area (Å²) in [6, 6.07) is 27.9. The highest BCUT2D eigenvalue weighted by Crippen LogP contribution is 2.26. The van der Waals surface area contributed by atoms with Crippen LogP contribution in [0.3, 0.4) is 0 Å². The second kappa shape index (κ2) is 10.3. The summed E-state index contributed by atoms with van der Waals surface area (Å²) in [4.78, 5) is 27.5. The third-order valence-electron chi connectivity index (χ3n) is 4.90. The number of hydrogen-bond acceptors (Lipinski definition) is 4. The third-order valence-corrected chi connectivity index (χ3v) is 4.90. The first-order valence-corrected chi connectivity index (χ1v) is 10.7. The van der Waals surface area contributed by atoms with Crippen molar-refractivity contribution in [1.82, 2.24) is 9.78 Å². The maximum Gasteiger partial charge on any atom is 0.343 e. The van der Waals surface area contributed by atoms with Gasteiger partial charge in [0.05, 0.1) is 24.5 Å². The Morgan fingerprint density at radius 2 is 1.42 bits per heavy atom. The van der Waals surface area contributed by atoms with E-state index in [2.05, 4.69) is 10.4 Å². The SMILES string of the molecule is CCOC(=O)c1cn(Cc2ccccc2)nc1NC(=O)N(c1ccccc1)c1ccccc1. The summed E-state index contributed by atoms with van der Waals surface area (Å²) < 4.78 is 6.80. The molecule has 0 spiro atoms. The summed E-state index contributed by atoms with van der Waals surface area (Å²) in [5.41, 5.74) is 2.58. The zero-order valence-electron chi connectivity index (χ0n) is 18.2. The van der Waals surface area contributed by atoms with Gasteiger partial charge in [-0.2, -0.15) is 5.10 Å². The number of nitrogens with zero attached hydrogens (tertiary/aromatic N) is 3. The molecule has 3 aromatic carbocycles. The van der Waals surface area contributed by atoms with Gasteiger partial charge >= 0.3 is 12.0 Å². The maximum absolute atomic E-state index is 13.4. The smallest absolute Gasteiger partial charge is 0.343 e. The number of amides is 2. The van der Waals surface area contributed by atoms with Crippen LogP contribution in [0.25, 0.3) is 0 Å². The van der Waals surface area contributed by atoms with Crippen LogP contribution in [-0.2, 0) is 11.3 Å². The number of para-hydroxylation sites is 2. The molecular weight excluding hydrogens is 416 g/mol. The summed E-state index contributed by atoms with van der Waals surface area (Å²) in [7, 11) is 0. The van der Waals surface area contributed by atoms with Gasteiger partial charge in [-0.05, 0) is 36.8 Å². The fourth-order valence-corrected chi connectivity index (χ4v) is 3.42. The third kappa shape index (κ3) is 5.27. The predicted octanol–water partition coefficient (Wildman–Crippen LogP) is 5.48. The zero-order valence-corrected chi connectivity index (χ0v) is 18.2. The first-order valence-electron chi connectivity index (χ1n) is 10.7. The van der Waals surface area contributed by atoms with Gasteiger partial charge in [-0.15, -0.1) is 0 Å². The molecule has 1 N–H and O–H groups in total. The molecule has 4 rings (SSSR count). The quantitative estimate of drug-likeness (QED) is 0.386. The molecule has 0 saturated heterocycles. The van der Waals surface area contributed by atoms with Crippen LogP contribution in [0.1, 0.15) is 22.8 Å². The van der Waals surface area contributed by atoms with Gasteiger partial charge in [-0.25, -0.2) is 9.59 Å². The van der Waals surface area contributed by atoms with Crippen LogP contribution < -0.4 is 10.2 Å². The summed E-state index contributed by atoms with van der Waals surface area (Å²) in [5.74, 6) is -0.399. The Bertz CT molecular complexity index is 1170. The number of hydrogen-bond donors (Lipinski definition) is 1. The molecule has 33 heavy (non-hydrogen) atoms. The highest BCUT2D eigenvalue weighted by Gasteiger charge is 2.24. The molecule has 7 nitrogen and oxygen atoms in total. The van der Waals surface area contributed by atoms with Gasteiger partial charge in [0.1, 0.15) is 5.56 Å². The van der Waals surface area contributed by atoms with E-state index in [1.807, 2.05) is 91.0 Å². The number of carbonyl (C=O) groups is 2. The van der Waals surface area contributed by atoms with Crippen molar-refractivity contribution in [3.63, 3.8) is 0 Å². The lowest BCUT2D eigenvalue weighted by Crippen LogP contribution is -2.31. The molecule has 0 saturated carbocycles. The molecule has 7 heteroatoms. The summed E-state index contributed by atoms with van der Waals surface area (Å²) in [5, 5.41) is 7.28. The van der Waals surface area contributed by atoms with Crippen LogP contribution in [-0.4, -0.2) is 28.4 Å². The minimum absolute atomic E-state index is 0.145. The highest BCUT2D eigenvalue weighted by atomic mass is 16.5. The van der Waals surface area contributed by atoms with Crippen LogP contribution >= 0.6 is 0 Å². The minimum atomic E-state index is -0.543. The molecule has 1 heterocycles. The Kier molecular flexibility index (Phi) is 6.80. The zero-order chi connectivity index (χ0) is 23.0. The van der Waals surface area contributed by atoms with Crippen LogP contribution in [0.2, 0.25) is 0 Å². The van der Waals surface area contributed by atoms with Crippen molar-refractivity contribution in [3.8, 4) is 0 Å². The van der Waals surface area contributed by atoms with Crippen molar-refractivity contribution in [3.05, 3.63) is 108 Å². The van der Waals surface area contributed by atoms with Crippen LogP contribution in [0.5, 0.6) is 0 Å². The van der Waals surface area contributed by atoms with Crippen molar-refractivity contribution in [2.45, 2.75) is 13.5 Å². The monoisotopic (exact) mass is 440 g/mol. The molecule has 0 atom stereocenters. The average molecular weight is 441 g/mol. The second-order valence-electron chi connectivity index (χ2n) is 7.23. The Labute approximate surface area is 192 Å². The number of benzene rings is 3. The second-order valence-corrected chi connectivity index (χ2v) is 7.23. The van der Waals surface area contributed by atoms with Gasteiger partial charge in [0.25, 0.3) is 0 Å². The molecule has 2 amide bonds. The van der Waals surface area contributed by atoms with Crippen LogP contribution in [0.4, 0.5) is 22.0 Å². The molecule has 0 unspecified atom stereocenters. The van der Waals surface area contributed by atoms with Gasteiger partial charge in [-0.1, -0.05) is 66.7 Å². The van der Waals surface area contributed by atoms with Gasteiger partial charge in [0, 0.05) is 6.20 Å². The number of nitrogens with one attached hydrogen (secondary N) is 1. The molecule has 0 aliphatic heterocycles. The molecule has 166 valence electrons. The Balaban J connectivity index is 1.66. The van der Waals surface area contributed by atoms with E-state index in [-0.39, 0.29) is 18.0 Å². The van der Waals surface area contributed by atoms with Gasteiger partial charge in [0.2, 0.25) is 0 Å². The largest absolute Gasteiger partial charge is 0.462 e. The molecular formula is C26H24N4O3. The molecule has 0 aliphatic rings. The van der Waals surface area contributed by atoms with Gasteiger partial charge in [0.15, 0.2) is 5.82 Å². The number of ether oxygens (including phenoxy) is 1. The Morgan fingerprint density at radius 3 is 1.97 bits per heavy atom. The van der Waals surface area contributed by atoms with E-state index in [1.165, 1.54) is 4.90 Å². The Morgan fingerprint density at radius 1 is 0.879 bits per heavy atom. The standard InChI is InChI=1S/C26H24N4O3/c1-2-33-25(31)23-19-29(18-20-12-6-3-7-13-20)28-24(23)27-26(32)30(21-14-8-4-9-15-21)22-16-10-5-11-17-22/h3-17,19H,2,18H2,1H3,(H,27,28,32). The van der Waals surface area contributed by atoms with E-state index >= 15 is 0 Å². The lowest BCUT2D eigenvalue weighted by Gasteiger charge is -2.23. The fraction of sp³-hybridized carbons (Fsp3) is 0.115. The first-order chi connectivity index (χ1) is 16.2. The van der Waals surface area contributed by atoms with E-state index in [0.717, 1.165) is 5.56 Å². The molecule has 0 aliphatic carbocycles. The van der Waals surface area contributed by atoms with Gasteiger partial charge in [-0.3, -0.25) is 14.9 Å². The Hall–Kier alpha value is -4.39. The fourth-order valence-electron chi connectivity index (χ4n) is 3.42. The van der Waals surface area contributed by atoms with Crippen molar-refractivity contribution < 1.29 is 14.3 Å². The molecule has 0 fully saturated rings. The van der Waals surface area contributed by atoms with Crippen LogP contribution in [0, 0.1) is 0 Å². The topological polar surface area (TPSA) is 76.5 Å². The van der Waals surface area contributed by atoms with Crippen molar-refractivity contribution in [1.29, 1.82) is 0 Å². The highest BCUT2D eigenvalue weighted by molar-refractivity contribution is 6.09. The van der Waals surface area contributed by atoms with Crippen molar-refractivity contribution in [2.75, 3.05) is 16.8 Å². The minimum Gasteiger partial charge on any atom is -0.462 e. The number of rotatable bonds is 7. The average Bonchev–Trinajstić information content (AvgIpc) is 3.23. The van der Waals surface area contributed by atoms with E-state index in [1.54, 1.807) is 17.8 Å². The number of urea groups is 1. The first kappa shape index (κ1) is 21.8. The normalized spacial score (nSPS) is 10.5. The summed E-state index contributed by atoms with van der Waals surface area (Å²) in [6.45, 7) is 2.40. The predicted molar refractivity (Wildman–Crippen MR) is 128 cm³/mol. The lowest BCUT2D eigenvalue weighted by molar-refractivity contribution is 0.0527. The molecule has 1 aromatic heterocycles. The maximum atomic E-state index is 13.4. The molecule has 0 bridgehead atoms. The van der Waals surface area contributed by atoms with Gasteiger partial charge < -0.3 is 4.74 Å². The van der Waals surface area contributed by atoms with Crippen molar-refractivity contribution in [2.24, 2.45) is 0 Å². The van der Waals surface area contributed by atoms with E-state index in [4.69, 9.17) is 4.74 Å². The lowest BCUT2D eigenvalue weighted by atomic mass is 10.2. The molecule has 0 radical (unpaired) electrons. The number of esters is 1. The van der Waals surface area contributed by atoms with E-state index in [0.29, 0.717) is 17.9 Å². The number of aromatic nitrogens is 2. The van der Waals surface area contributed by atoms with E-state index < -0.39 is 12.0 Å². The van der Waals surface area contributed by atoms with E-state index in [9.17, 15) is 9.59 Å². The number of carbonyl (C=O) groups excluding carboxylic acids is 2. The van der Waals surface area contributed by atoms with Crippen LogP contribution in [0.15, 0.2) is 97.2 Å². The van der Waals surface area contributed by atoms with Crippen molar-refractivity contribution >= 4 is 29.2 Å².